The molecule has 1 aromatic heterocycles. The molecule has 4 rings (SSSR count). The number of nitrogens with two attached hydrogens (primary N) is 1. The van der Waals surface area contributed by atoms with Crippen molar-refractivity contribution in [3.8, 4) is 11.3 Å². The molecule has 0 aliphatic heterocycles. The Bertz CT molecular complexity index is 806. The Morgan fingerprint density at radius 3 is 2.95 bits per heavy atom. The molecule has 0 spiro atoms. The molecule has 1 heterocycles. The van der Waals surface area contributed by atoms with Crippen molar-refractivity contribution in [2.75, 3.05) is 0 Å². The summed E-state index contributed by atoms with van der Waals surface area (Å²) in [6.45, 7) is 0. The molecule has 0 saturated carbocycles. The summed E-state index contributed by atoms with van der Waals surface area (Å²) in [5.41, 5.74) is 10.7. The standard InChI is InChI=1S/C17H14ClNO/c18-11-4-7-16-10(8-11)9-17(20-16)14-3-1-2-13-12(14)5-6-15(13)19/h1-4,7-9,15H,5-6,19H2. The lowest BCUT2D eigenvalue weighted by molar-refractivity contribution is 0.630. The second kappa shape index (κ2) is 4.37. The van der Waals surface area contributed by atoms with Gasteiger partial charge in [-0.05, 0) is 48.2 Å². The highest BCUT2D eigenvalue weighted by molar-refractivity contribution is 6.31. The Morgan fingerprint density at radius 2 is 2.05 bits per heavy atom. The van der Waals surface area contributed by atoms with Gasteiger partial charge >= 0.3 is 0 Å². The maximum Gasteiger partial charge on any atom is 0.135 e. The van der Waals surface area contributed by atoms with Crippen molar-refractivity contribution < 1.29 is 4.42 Å². The molecule has 3 aromatic rings. The highest BCUT2D eigenvalue weighted by atomic mass is 35.5. The van der Waals surface area contributed by atoms with Crippen LogP contribution in [-0.2, 0) is 6.42 Å². The fourth-order valence-corrected chi connectivity index (χ4v) is 3.24. The van der Waals surface area contributed by atoms with E-state index in [1.54, 1.807) is 0 Å². The predicted molar refractivity (Wildman–Crippen MR) is 81.9 cm³/mol. The summed E-state index contributed by atoms with van der Waals surface area (Å²) >= 11 is 6.03. The van der Waals surface area contributed by atoms with Gasteiger partial charge in [0, 0.05) is 22.0 Å². The maximum atomic E-state index is 6.14. The van der Waals surface area contributed by atoms with Gasteiger partial charge in [-0.15, -0.1) is 0 Å². The lowest BCUT2D eigenvalue weighted by atomic mass is 10.0. The topological polar surface area (TPSA) is 39.2 Å². The number of halogens is 1. The zero-order chi connectivity index (χ0) is 13.7. The zero-order valence-corrected chi connectivity index (χ0v) is 11.7. The first-order valence-electron chi connectivity index (χ1n) is 6.79. The van der Waals surface area contributed by atoms with Crippen LogP contribution >= 0.6 is 11.6 Å². The fraction of sp³-hybridized carbons (Fsp3) is 0.176. The highest BCUT2D eigenvalue weighted by Crippen LogP contribution is 2.38. The normalized spacial score (nSPS) is 17.6. The van der Waals surface area contributed by atoms with Crippen LogP contribution in [0.4, 0.5) is 0 Å². The highest BCUT2D eigenvalue weighted by Gasteiger charge is 2.23. The van der Waals surface area contributed by atoms with E-state index in [4.69, 9.17) is 21.8 Å². The average Bonchev–Trinajstić information content (AvgIpc) is 3.02. The van der Waals surface area contributed by atoms with Gasteiger partial charge in [0.25, 0.3) is 0 Å². The summed E-state index contributed by atoms with van der Waals surface area (Å²) in [5, 5.41) is 1.76. The van der Waals surface area contributed by atoms with Crippen LogP contribution in [0.5, 0.6) is 0 Å². The van der Waals surface area contributed by atoms with E-state index in [1.165, 1.54) is 11.1 Å². The van der Waals surface area contributed by atoms with Gasteiger partial charge in [-0.3, -0.25) is 0 Å². The minimum atomic E-state index is 0.156. The summed E-state index contributed by atoms with van der Waals surface area (Å²) in [6, 6.07) is 14.2. The third-order valence-corrected chi connectivity index (χ3v) is 4.30. The number of benzene rings is 2. The van der Waals surface area contributed by atoms with Crippen LogP contribution in [0.3, 0.4) is 0 Å². The Morgan fingerprint density at radius 1 is 1.15 bits per heavy atom. The Labute approximate surface area is 122 Å². The van der Waals surface area contributed by atoms with Crippen LogP contribution in [-0.4, -0.2) is 0 Å². The molecule has 1 unspecified atom stereocenters. The largest absolute Gasteiger partial charge is 0.456 e. The number of furan rings is 1. The molecule has 2 nitrogen and oxygen atoms in total. The SMILES string of the molecule is NC1CCc2c(-c3cc4cc(Cl)ccc4o3)cccc21. The van der Waals surface area contributed by atoms with Gasteiger partial charge < -0.3 is 10.2 Å². The van der Waals surface area contributed by atoms with E-state index in [0.717, 1.165) is 40.2 Å². The van der Waals surface area contributed by atoms with Crippen molar-refractivity contribution >= 4 is 22.6 Å². The summed E-state index contributed by atoms with van der Waals surface area (Å²) in [7, 11) is 0. The van der Waals surface area contributed by atoms with E-state index >= 15 is 0 Å². The van der Waals surface area contributed by atoms with Crippen molar-refractivity contribution in [3.63, 3.8) is 0 Å². The summed E-state index contributed by atoms with van der Waals surface area (Å²) in [4.78, 5) is 0. The van der Waals surface area contributed by atoms with Gasteiger partial charge in [0.15, 0.2) is 0 Å². The first-order valence-corrected chi connectivity index (χ1v) is 7.17. The second-order valence-corrected chi connectivity index (χ2v) is 5.75. The molecule has 100 valence electrons. The molecule has 2 N–H and O–H groups in total. The van der Waals surface area contributed by atoms with Crippen molar-refractivity contribution in [2.24, 2.45) is 5.73 Å². The zero-order valence-electron chi connectivity index (χ0n) is 10.9. The molecule has 20 heavy (non-hydrogen) atoms. The minimum absolute atomic E-state index is 0.156. The van der Waals surface area contributed by atoms with Crippen molar-refractivity contribution in [1.82, 2.24) is 0 Å². The molecule has 3 heteroatoms. The van der Waals surface area contributed by atoms with Crippen LogP contribution in [0.25, 0.3) is 22.3 Å². The number of fused-ring (bicyclic) bond motifs is 2. The smallest absolute Gasteiger partial charge is 0.135 e. The van der Waals surface area contributed by atoms with E-state index in [-0.39, 0.29) is 6.04 Å². The third kappa shape index (κ3) is 1.76. The van der Waals surface area contributed by atoms with E-state index < -0.39 is 0 Å². The van der Waals surface area contributed by atoms with Crippen LogP contribution < -0.4 is 5.73 Å². The molecule has 0 amide bonds. The first kappa shape index (κ1) is 12.0. The first-order chi connectivity index (χ1) is 9.72. The van der Waals surface area contributed by atoms with E-state index in [2.05, 4.69) is 24.3 Å². The molecule has 0 saturated heterocycles. The van der Waals surface area contributed by atoms with E-state index in [0.29, 0.717) is 0 Å². The predicted octanol–water partition coefficient (Wildman–Crippen LogP) is 4.70. The lowest BCUT2D eigenvalue weighted by Gasteiger charge is -2.07. The Balaban J connectivity index is 1.92. The number of hydrogen-bond acceptors (Lipinski definition) is 2. The summed E-state index contributed by atoms with van der Waals surface area (Å²) in [6.07, 6.45) is 2.03. The molecule has 0 fully saturated rings. The maximum absolute atomic E-state index is 6.14. The Hall–Kier alpha value is -1.77. The molecule has 0 bridgehead atoms. The van der Waals surface area contributed by atoms with E-state index in [9.17, 15) is 0 Å². The summed E-state index contributed by atoms with van der Waals surface area (Å²) < 4.78 is 5.97. The lowest BCUT2D eigenvalue weighted by Crippen LogP contribution is -2.04. The van der Waals surface area contributed by atoms with Crippen molar-refractivity contribution in [1.29, 1.82) is 0 Å². The third-order valence-electron chi connectivity index (χ3n) is 4.06. The van der Waals surface area contributed by atoms with Crippen LogP contribution in [0, 0.1) is 0 Å². The number of rotatable bonds is 1. The van der Waals surface area contributed by atoms with Crippen LogP contribution in [0.15, 0.2) is 46.9 Å². The second-order valence-electron chi connectivity index (χ2n) is 5.31. The minimum Gasteiger partial charge on any atom is -0.456 e. The van der Waals surface area contributed by atoms with Gasteiger partial charge in [0.2, 0.25) is 0 Å². The van der Waals surface area contributed by atoms with Crippen molar-refractivity contribution in [2.45, 2.75) is 18.9 Å². The average molecular weight is 284 g/mol. The van der Waals surface area contributed by atoms with Gasteiger partial charge in [0.1, 0.15) is 11.3 Å². The quantitative estimate of drug-likeness (QED) is 0.703. The van der Waals surface area contributed by atoms with E-state index in [1.807, 2.05) is 18.2 Å². The number of hydrogen-bond donors (Lipinski definition) is 1. The van der Waals surface area contributed by atoms with Crippen LogP contribution in [0.2, 0.25) is 5.02 Å². The molecule has 1 atom stereocenters. The molecule has 0 radical (unpaired) electrons. The monoisotopic (exact) mass is 283 g/mol. The molecule has 2 aromatic carbocycles. The summed E-state index contributed by atoms with van der Waals surface area (Å²) in [5.74, 6) is 0.896. The fourth-order valence-electron chi connectivity index (χ4n) is 3.06. The molecule has 1 aliphatic rings. The van der Waals surface area contributed by atoms with Gasteiger partial charge in [-0.2, -0.15) is 0 Å². The molecule has 1 aliphatic carbocycles. The van der Waals surface area contributed by atoms with Gasteiger partial charge in [0.05, 0.1) is 0 Å². The van der Waals surface area contributed by atoms with Crippen LogP contribution in [0.1, 0.15) is 23.6 Å². The molecular formula is C17H14ClNO. The van der Waals surface area contributed by atoms with Gasteiger partial charge in [-0.25, -0.2) is 0 Å². The van der Waals surface area contributed by atoms with Crippen molar-refractivity contribution in [3.05, 3.63) is 58.6 Å². The molecular weight excluding hydrogens is 270 g/mol. The Kier molecular flexibility index (Phi) is 2.62. The van der Waals surface area contributed by atoms with Gasteiger partial charge in [-0.1, -0.05) is 29.8 Å².